The molecule has 0 aliphatic rings. The molecule has 0 saturated carbocycles. The van der Waals surface area contributed by atoms with Crippen molar-refractivity contribution in [3.8, 4) is 0 Å². The second kappa shape index (κ2) is 17.1. The van der Waals surface area contributed by atoms with E-state index in [9.17, 15) is 9.90 Å². The summed E-state index contributed by atoms with van der Waals surface area (Å²) in [4.78, 5) is 18.3. The lowest BCUT2D eigenvalue weighted by Gasteiger charge is -2.15. The van der Waals surface area contributed by atoms with Gasteiger partial charge in [-0.2, -0.15) is 11.8 Å². The van der Waals surface area contributed by atoms with Crippen molar-refractivity contribution in [2.24, 2.45) is 17.8 Å². The molecule has 3 N–H and O–H groups in total. The van der Waals surface area contributed by atoms with Crippen LogP contribution in [0.25, 0.3) is 0 Å². The molecule has 32 heavy (non-hydrogen) atoms. The third kappa shape index (κ3) is 14.6. The van der Waals surface area contributed by atoms with Gasteiger partial charge in [0.2, 0.25) is 5.95 Å². The maximum Gasteiger partial charge on any atom is 0.327 e. The van der Waals surface area contributed by atoms with Gasteiger partial charge in [-0.05, 0) is 37.5 Å². The van der Waals surface area contributed by atoms with Gasteiger partial charge in [0, 0.05) is 23.9 Å². The van der Waals surface area contributed by atoms with Gasteiger partial charge in [0.15, 0.2) is 0 Å². The lowest BCUT2D eigenvalue weighted by molar-refractivity contribution is -0.137. The van der Waals surface area contributed by atoms with Crippen molar-refractivity contribution in [1.29, 1.82) is 0 Å². The van der Waals surface area contributed by atoms with Crippen molar-refractivity contribution in [3.63, 3.8) is 0 Å². The Morgan fingerprint density at radius 2 is 1.72 bits per heavy atom. The molecule has 1 aromatic rings. The summed E-state index contributed by atoms with van der Waals surface area (Å²) in [7, 11) is 0. The lowest BCUT2D eigenvalue weighted by Crippen LogP contribution is -2.32. The van der Waals surface area contributed by atoms with Crippen molar-refractivity contribution in [2.45, 2.75) is 98.4 Å². The number of hydrogen-bond donors (Lipinski definition) is 3. The van der Waals surface area contributed by atoms with Crippen LogP contribution in [0, 0.1) is 17.8 Å². The number of rotatable bonds is 19. The maximum absolute atomic E-state index is 11.4. The number of aromatic amines is 1. The van der Waals surface area contributed by atoms with Gasteiger partial charge in [-0.3, -0.25) is 0 Å². The fourth-order valence-electron chi connectivity index (χ4n) is 3.88. The van der Waals surface area contributed by atoms with Crippen LogP contribution in [0.3, 0.4) is 0 Å². The summed E-state index contributed by atoms with van der Waals surface area (Å²) in [5.41, 5.74) is 1.41. The quantitative estimate of drug-likeness (QED) is 0.147. The van der Waals surface area contributed by atoms with Crippen LogP contribution < -0.4 is 5.32 Å². The summed E-state index contributed by atoms with van der Waals surface area (Å²) >= 11 is 1.64. The van der Waals surface area contributed by atoms with E-state index < -0.39 is 12.0 Å². The van der Waals surface area contributed by atoms with Crippen LogP contribution in [-0.4, -0.2) is 38.6 Å². The number of thioether (sulfide) groups is 1. The monoisotopic (exact) mass is 465 g/mol. The maximum atomic E-state index is 11.4. The smallest absolute Gasteiger partial charge is 0.327 e. The molecule has 184 valence electrons. The normalized spacial score (nSPS) is 15.0. The predicted octanol–water partition coefficient (Wildman–Crippen LogP) is 7.39. The van der Waals surface area contributed by atoms with E-state index in [1.54, 1.807) is 24.2 Å². The third-order valence-corrected chi connectivity index (χ3v) is 7.05. The largest absolute Gasteiger partial charge is 0.480 e. The van der Waals surface area contributed by atoms with Gasteiger partial charge < -0.3 is 15.4 Å². The molecule has 3 unspecified atom stereocenters. The van der Waals surface area contributed by atoms with Gasteiger partial charge in [0.1, 0.15) is 6.04 Å². The molecule has 1 heterocycles. The molecule has 1 rings (SSSR count). The Balaban J connectivity index is 2.10. The van der Waals surface area contributed by atoms with Crippen molar-refractivity contribution < 1.29 is 9.90 Å². The van der Waals surface area contributed by atoms with Gasteiger partial charge in [0.05, 0.1) is 0 Å². The number of H-pyrrole nitrogens is 1. The summed E-state index contributed by atoms with van der Waals surface area (Å²) in [5.74, 6) is 3.52. The Labute approximate surface area is 200 Å². The van der Waals surface area contributed by atoms with E-state index in [1.165, 1.54) is 56.9 Å². The molecule has 0 aromatic carbocycles. The first-order chi connectivity index (χ1) is 15.3. The molecule has 5 nitrogen and oxygen atoms in total. The minimum atomic E-state index is -0.853. The zero-order valence-corrected chi connectivity index (χ0v) is 21.8. The second-order valence-electron chi connectivity index (χ2n) is 9.92. The number of nitrogens with one attached hydrogen (secondary N) is 2. The number of aliphatic carboxylic acids is 1. The van der Waals surface area contributed by atoms with E-state index in [-0.39, 0.29) is 0 Å². The zero-order chi connectivity index (χ0) is 23.8. The summed E-state index contributed by atoms with van der Waals surface area (Å²) in [6.07, 6.45) is 17.5. The molecule has 0 amide bonds. The van der Waals surface area contributed by atoms with E-state index in [2.05, 4.69) is 56.0 Å². The molecule has 0 bridgehead atoms. The van der Waals surface area contributed by atoms with E-state index in [4.69, 9.17) is 0 Å². The van der Waals surface area contributed by atoms with Crippen molar-refractivity contribution in [2.75, 3.05) is 16.8 Å². The minimum absolute atomic E-state index is 0.499. The fourth-order valence-corrected chi connectivity index (χ4v) is 4.88. The van der Waals surface area contributed by atoms with Crippen LogP contribution in [0.2, 0.25) is 0 Å². The molecule has 0 aliphatic heterocycles. The van der Waals surface area contributed by atoms with Gasteiger partial charge in [-0.1, -0.05) is 84.3 Å². The Morgan fingerprint density at radius 1 is 1.09 bits per heavy atom. The van der Waals surface area contributed by atoms with Crippen molar-refractivity contribution >= 4 is 23.7 Å². The first-order valence-electron chi connectivity index (χ1n) is 12.5. The molecular weight excluding hydrogens is 418 g/mol. The Bertz CT molecular complexity index is 631. The minimum Gasteiger partial charge on any atom is -0.480 e. The van der Waals surface area contributed by atoms with Crippen molar-refractivity contribution in [1.82, 2.24) is 9.97 Å². The Kier molecular flexibility index (Phi) is 15.3. The molecule has 0 spiro atoms. The number of hydrogen-bond acceptors (Lipinski definition) is 4. The SMILES string of the molecule is C/C(=C\CSCC(Nc1ncc[nH]1)C(=O)O)CCCC(C)CCCC(C)CCCC(C)C. The highest BCUT2D eigenvalue weighted by molar-refractivity contribution is 7.99. The number of carboxylic acid groups (broad SMARTS) is 1. The number of anilines is 1. The second-order valence-corrected chi connectivity index (χ2v) is 11.0. The summed E-state index contributed by atoms with van der Waals surface area (Å²) < 4.78 is 0. The van der Waals surface area contributed by atoms with Crippen LogP contribution in [-0.2, 0) is 4.79 Å². The average molecular weight is 466 g/mol. The first-order valence-corrected chi connectivity index (χ1v) is 13.7. The number of carboxylic acids is 1. The van der Waals surface area contributed by atoms with Crippen LogP contribution in [0.15, 0.2) is 24.0 Å². The van der Waals surface area contributed by atoms with Crippen LogP contribution in [0.5, 0.6) is 0 Å². The number of carbonyl (C=O) groups is 1. The topological polar surface area (TPSA) is 78.0 Å². The number of nitrogens with zero attached hydrogens (tertiary/aromatic N) is 1. The van der Waals surface area contributed by atoms with Crippen LogP contribution >= 0.6 is 11.8 Å². The Morgan fingerprint density at radius 3 is 2.28 bits per heavy atom. The highest BCUT2D eigenvalue weighted by Gasteiger charge is 2.17. The summed E-state index contributed by atoms with van der Waals surface area (Å²) in [6, 6.07) is -0.640. The zero-order valence-electron chi connectivity index (χ0n) is 21.0. The van der Waals surface area contributed by atoms with E-state index >= 15 is 0 Å². The lowest BCUT2D eigenvalue weighted by atomic mass is 9.91. The first kappa shape index (κ1) is 28.6. The van der Waals surface area contributed by atoms with Gasteiger partial charge in [0.25, 0.3) is 0 Å². The molecule has 0 aliphatic carbocycles. The fraction of sp³-hybridized carbons (Fsp3) is 0.769. The number of allylic oxidation sites excluding steroid dienone is 1. The number of aromatic nitrogens is 2. The molecule has 0 radical (unpaired) electrons. The predicted molar refractivity (Wildman–Crippen MR) is 139 cm³/mol. The molecular formula is C26H47N3O2S. The van der Waals surface area contributed by atoms with Crippen molar-refractivity contribution in [3.05, 3.63) is 24.0 Å². The van der Waals surface area contributed by atoms with Crippen LogP contribution in [0.1, 0.15) is 92.4 Å². The van der Waals surface area contributed by atoms with E-state index in [0.29, 0.717) is 11.7 Å². The molecule has 6 heteroatoms. The van der Waals surface area contributed by atoms with Gasteiger partial charge >= 0.3 is 5.97 Å². The summed E-state index contributed by atoms with van der Waals surface area (Å²) in [6.45, 7) is 11.6. The summed E-state index contributed by atoms with van der Waals surface area (Å²) in [5, 5.41) is 12.3. The highest BCUT2D eigenvalue weighted by Crippen LogP contribution is 2.22. The van der Waals surface area contributed by atoms with E-state index in [0.717, 1.165) is 29.9 Å². The number of imidazole rings is 1. The molecule has 0 saturated heterocycles. The molecule has 1 aromatic heterocycles. The van der Waals surface area contributed by atoms with E-state index in [1.807, 2.05) is 0 Å². The Hall–Kier alpha value is -1.43. The average Bonchev–Trinajstić information content (AvgIpc) is 3.23. The van der Waals surface area contributed by atoms with Gasteiger partial charge in [-0.15, -0.1) is 0 Å². The van der Waals surface area contributed by atoms with Crippen LogP contribution in [0.4, 0.5) is 5.95 Å². The standard InChI is InChI=1S/C26H47N3O2S/c1-20(2)9-6-10-21(3)11-7-12-22(4)13-8-14-23(5)15-18-32-19-24(25(30)31)29-26-27-16-17-28-26/h15-17,20-22,24H,6-14,18-19H2,1-5H3,(H,30,31)(H2,27,28,29)/b23-15+. The molecule has 3 atom stereocenters. The third-order valence-electron chi connectivity index (χ3n) is 6.08. The highest BCUT2D eigenvalue weighted by atomic mass is 32.2. The van der Waals surface area contributed by atoms with Gasteiger partial charge in [-0.25, -0.2) is 9.78 Å². The molecule has 0 fully saturated rings.